The molecule has 0 aliphatic carbocycles. The maximum atomic E-state index is 12.6. The van der Waals surface area contributed by atoms with E-state index in [-0.39, 0.29) is 17.4 Å². The number of nitrogens with one attached hydrogen (secondary N) is 1. The third kappa shape index (κ3) is 4.89. The fraction of sp³-hybridized carbons (Fsp3) is 0.500. The quantitative estimate of drug-likeness (QED) is 0.837. The lowest BCUT2D eigenvalue weighted by Gasteiger charge is -2.39. The summed E-state index contributed by atoms with van der Waals surface area (Å²) in [6, 6.07) is 8.59. The van der Waals surface area contributed by atoms with Crippen molar-refractivity contribution in [2.45, 2.75) is 51.6 Å². The van der Waals surface area contributed by atoms with Gasteiger partial charge in [0.05, 0.1) is 5.60 Å². The highest BCUT2D eigenvalue weighted by Gasteiger charge is 2.35. The molecule has 1 aliphatic rings. The van der Waals surface area contributed by atoms with Crippen molar-refractivity contribution in [2.24, 2.45) is 5.92 Å². The zero-order valence-electron chi connectivity index (χ0n) is 15.1. The summed E-state index contributed by atoms with van der Waals surface area (Å²) < 4.78 is 5.88. The Hall–Kier alpha value is -1.72. The molecule has 1 amide bonds. The number of amides is 1. The maximum Gasteiger partial charge on any atom is 0.226 e. The van der Waals surface area contributed by atoms with Crippen LogP contribution in [0.3, 0.4) is 0 Å². The van der Waals surface area contributed by atoms with Crippen LogP contribution in [0.25, 0.3) is 0 Å². The van der Waals surface area contributed by atoms with Crippen LogP contribution >= 0.6 is 11.3 Å². The Labute approximate surface area is 153 Å². The molecule has 1 aromatic carbocycles. The first kappa shape index (κ1) is 18.1. The van der Waals surface area contributed by atoms with Crippen molar-refractivity contribution in [2.75, 3.05) is 11.9 Å². The lowest BCUT2D eigenvalue weighted by atomic mass is 9.75. The highest BCUT2D eigenvalue weighted by Crippen LogP contribution is 2.40. The number of benzene rings is 1. The van der Waals surface area contributed by atoms with E-state index in [1.165, 1.54) is 22.5 Å². The second-order valence-corrected chi connectivity index (χ2v) is 8.36. The Morgan fingerprint density at radius 3 is 2.80 bits per heavy atom. The molecule has 3 rings (SSSR count). The second kappa shape index (κ2) is 7.67. The zero-order chi connectivity index (χ0) is 17.9. The van der Waals surface area contributed by atoms with Crippen LogP contribution in [-0.4, -0.2) is 23.1 Å². The predicted octanol–water partition coefficient (Wildman–Crippen LogP) is 4.77. The van der Waals surface area contributed by atoms with Gasteiger partial charge >= 0.3 is 0 Å². The summed E-state index contributed by atoms with van der Waals surface area (Å²) in [5, 5.41) is 5.47. The van der Waals surface area contributed by atoms with Crippen LogP contribution in [0.5, 0.6) is 0 Å². The molecular formula is C20H26N2O2S. The number of carbonyl (C=O) groups is 1. The SMILES string of the molecule is Cc1ccc([C@H](CC(=O)Nc2nccs2)[C@@H]2CCOC(C)(C)C2)cc1. The van der Waals surface area contributed by atoms with Crippen LogP contribution in [0.1, 0.15) is 50.2 Å². The highest BCUT2D eigenvalue weighted by molar-refractivity contribution is 7.13. The van der Waals surface area contributed by atoms with E-state index in [1.807, 2.05) is 5.38 Å². The molecule has 0 bridgehead atoms. The summed E-state index contributed by atoms with van der Waals surface area (Å²) in [4.78, 5) is 16.7. The normalized spacial score (nSPS) is 20.8. The van der Waals surface area contributed by atoms with E-state index in [9.17, 15) is 4.79 Å². The van der Waals surface area contributed by atoms with Gasteiger partial charge in [0.2, 0.25) is 5.91 Å². The molecule has 5 heteroatoms. The smallest absolute Gasteiger partial charge is 0.226 e. The Bertz CT molecular complexity index is 695. The van der Waals surface area contributed by atoms with Gasteiger partial charge in [-0.15, -0.1) is 11.3 Å². The van der Waals surface area contributed by atoms with Crippen molar-refractivity contribution in [3.05, 3.63) is 47.0 Å². The van der Waals surface area contributed by atoms with E-state index < -0.39 is 0 Å². The number of rotatable bonds is 5. The Morgan fingerprint density at radius 2 is 2.16 bits per heavy atom. The first-order valence-corrected chi connectivity index (χ1v) is 9.71. The van der Waals surface area contributed by atoms with Crippen molar-refractivity contribution in [3.63, 3.8) is 0 Å². The van der Waals surface area contributed by atoms with E-state index in [1.54, 1.807) is 6.20 Å². The number of hydrogen-bond donors (Lipinski definition) is 1. The zero-order valence-corrected chi connectivity index (χ0v) is 15.9. The van der Waals surface area contributed by atoms with Gasteiger partial charge in [-0.2, -0.15) is 0 Å². The lowest BCUT2D eigenvalue weighted by Crippen LogP contribution is -2.37. The number of thiazole rings is 1. The molecule has 1 N–H and O–H groups in total. The first-order chi connectivity index (χ1) is 11.9. The predicted molar refractivity (Wildman–Crippen MR) is 102 cm³/mol. The van der Waals surface area contributed by atoms with E-state index in [0.717, 1.165) is 19.4 Å². The van der Waals surface area contributed by atoms with Gasteiger partial charge in [0.15, 0.2) is 5.13 Å². The maximum absolute atomic E-state index is 12.6. The minimum Gasteiger partial charge on any atom is -0.376 e. The molecule has 2 heterocycles. The summed E-state index contributed by atoms with van der Waals surface area (Å²) in [5.41, 5.74) is 2.35. The number of nitrogens with zero attached hydrogens (tertiary/aromatic N) is 1. The standard InChI is InChI=1S/C20H26N2O2S/c1-14-4-6-15(7-5-14)17(16-8-10-24-20(2,3)13-16)12-18(23)22-19-21-9-11-25-19/h4-7,9,11,16-17H,8,10,12-13H2,1-3H3,(H,21,22,23)/t16-,17+/m1/s1. The molecule has 1 fully saturated rings. The van der Waals surface area contributed by atoms with Crippen LogP contribution in [0.2, 0.25) is 0 Å². The second-order valence-electron chi connectivity index (χ2n) is 7.47. The van der Waals surface area contributed by atoms with Gasteiger partial charge in [-0.1, -0.05) is 29.8 Å². The van der Waals surface area contributed by atoms with Crippen LogP contribution < -0.4 is 5.32 Å². The molecule has 4 nitrogen and oxygen atoms in total. The Morgan fingerprint density at radius 1 is 1.40 bits per heavy atom. The van der Waals surface area contributed by atoms with Crippen LogP contribution in [0, 0.1) is 12.8 Å². The van der Waals surface area contributed by atoms with Gasteiger partial charge in [0, 0.05) is 24.6 Å². The average molecular weight is 359 g/mol. The Kier molecular flexibility index (Phi) is 5.54. The number of ether oxygens (including phenoxy) is 1. The molecule has 1 aromatic heterocycles. The van der Waals surface area contributed by atoms with Gasteiger partial charge < -0.3 is 10.1 Å². The van der Waals surface area contributed by atoms with Crippen molar-refractivity contribution in [3.8, 4) is 0 Å². The summed E-state index contributed by atoms with van der Waals surface area (Å²) >= 11 is 1.45. The summed E-state index contributed by atoms with van der Waals surface area (Å²) in [6.07, 6.45) is 4.14. The lowest BCUT2D eigenvalue weighted by molar-refractivity contribution is -0.118. The van der Waals surface area contributed by atoms with E-state index >= 15 is 0 Å². The van der Waals surface area contributed by atoms with Gasteiger partial charge in [-0.25, -0.2) is 4.98 Å². The summed E-state index contributed by atoms with van der Waals surface area (Å²) in [5.74, 6) is 0.669. The number of aromatic nitrogens is 1. The van der Waals surface area contributed by atoms with Gasteiger partial charge in [0.25, 0.3) is 0 Å². The average Bonchev–Trinajstić information content (AvgIpc) is 3.05. The molecule has 134 valence electrons. The monoisotopic (exact) mass is 358 g/mol. The molecule has 0 unspecified atom stereocenters. The highest BCUT2D eigenvalue weighted by atomic mass is 32.1. The number of aryl methyl sites for hydroxylation is 1. The van der Waals surface area contributed by atoms with Crippen molar-refractivity contribution in [1.29, 1.82) is 0 Å². The largest absolute Gasteiger partial charge is 0.376 e. The molecule has 2 aromatic rings. The Balaban J connectivity index is 1.78. The molecule has 1 saturated heterocycles. The molecule has 1 aliphatic heterocycles. The van der Waals surface area contributed by atoms with E-state index in [2.05, 4.69) is 55.3 Å². The van der Waals surface area contributed by atoms with Gasteiger partial charge in [0.1, 0.15) is 0 Å². The van der Waals surface area contributed by atoms with Crippen molar-refractivity contribution >= 4 is 22.4 Å². The fourth-order valence-electron chi connectivity index (χ4n) is 3.65. The van der Waals surface area contributed by atoms with Crippen LogP contribution in [-0.2, 0) is 9.53 Å². The van der Waals surface area contributed by atoms with E-state index in [4.69, 9.17) is 4.74 Å². The number of anilines is 1. The van der Waals surface area contributed by atoms with Gasteiger partial charge in [-0.3, -0.25) is 4.79 Å². The first-order valence-electron chi connectivity index (χ1n) is 8.83. The van der Waals surface area contributed by atoms with Crippen molar-refractivity contribution < 1.29 is 9.53 Å². The van der Waals surface area contributed by atoms with E-state index in [0.29, 0.717) is 17.5 Å². The minimum absolute atomic E-state index is 0.0322. The van der Waals surface area contributed by atoms with Crippen LogP contribution in [0.15, 0.2) is 35.8 Å². The number of hydrogen-bond acceptors (Lipinski definition) is 4. The minimum atomic E-state index is -0.127. The third-order valence-electron chi connectivity index (χ3n) is 4.89. The van der Waals surface area contributed by atoms with Gasteiger partial charge in [-0.05, 0) is 51.0 Å². The van der Waals surface area contributed by atoms with Crippen LogP contribution in [0.4, 0.5) is 5.13 Å². The summed E-state index contributed by atoms with van der Waals surface area (Å²) in [6.45, 7) is 7.13. The van der Waals surface area contributed by atoms with Crippen molar-refractivity contribution in [1.82, 2.24) is 4.98 Å². The summed E-state index contributed by atoms with van der Waals surface area (Å²) in [7, 11) is 0. The molecule has 25 heavy (non-hydrogen) atoms. The molecule has 2 atom stereocenters. The molecule has 0 radical (unpaired) electrons. The fourth-order valence-corrected chi connectivity index (χ4v) is 4.19. The molecular weight excluding hydrogens is 332 g/mol. The molecule has 0 saturated carbocycles. The molecule has 0 spiro atoms. The topological polar surface area (TPSA) is 51.2 Å². The number of carbonyl (C=O) groups excluding carboxylic acids is 1. The third-order valence-corrected chi connectivity index (χ3v) is 5.58.